The molecule has 0 atom stereocenters. The molecule has 1 aromatic heterocycles. The summed E-state index contributed by atoms with van der Waals surface area (Å²) in [6, 6.07) is 6.15. The predicted octanol–water partition coefficient (Wildman–Crippen LogP) is 1.72. The molecule has 1 fully saturated rings. The summed E-state index contributed by atoms with van der Waals surface area (Å²) in [5, 5.41) is 1.18. The highest BCUT2D eigenvalue weighted by Crippen LogP contribution is 2.24. The number of hydrogen-bond acceptors (Lipinski definition) is 4. The van der Waals surface area contributed by atoms with Crippen LogP contribution in [0.2, 0.25) is 0 Å². The molecule has 0 radical (unpaired) electrons. The summed E-state index contributed by atoms with van der Waals surface area (Å²) >= 11 is 0. The lowest BCUT2D eigenvalue weighted by Gasteiger charge is -2.26. The lowest BCUT2D eigenvalue weighted by atomic mass is 10.1. The standard InChI is InChI=1S/C14H18N2O2/c15-8-11-1-2-14-13(7-11)12(10-18-14)9-16-3-5-17-6-4-16/h1-2,7,10H,3-6,8-9,15H2. The van der Waals surface area contributed by atoms with Gasteiger partial charge in [-0.05, 0) is 17.7 Å². The number of nitrogens with two attached hydrogens (primary N) is 1. The van der Waals surface area contributed by atoms with E-state index in [0.717, 1.165) is 44.0 Å². The van der Waals surface area contributed by atoms with Gasteiger partial charge >= 0.3 is 0 Å². The number of furan rings is 1. The fraction of sp³-hybridized carbons (Fsp3) is 0.429. The number of benzene rings is 1. The number of nitrogens with zero attached hydrogens (tertiary/aromatic N) is 1. The largest absolute Gasteiger partial charge is 0.464 e. The zero-order chi connectivity index (χ0) is 12.4. The van der Waals surface area contributed by atoms with Crippen molar-refractivity contribution in [3.8, 4) is 0 Å². The first-order valence-electron chi connectivity index (χ1n) is 6.36. The van der Waals surface area contributed by atoms with Gasteiger partial charge in [0.2, 0.25) is 0 Å². The third-order valence-electron chi connectivity index (χ3n) is 3.45. The molecule has 3 rings (SSSR count). The Labute approximate surface area is 106 Å². The summed E-state index contributed by atoms with van der Waals surface area (Å²) < 4.78 is 11.0. The summed E-state index contributed by atoms with van der Waals surface area (Å²) in [6.07, 6.45) is 1.86. The average molecular weight is 246 g/mol. The third kappa shape index (κ3) is 2.27. The number of hydrogen-bond donors (Lipinski definition) is 1. The van der Waals surface area contributed by atoms with Gasteiger partial charge in [-0.3, -0.25) is 4.90 Å². The van der Waals surface area contributed by atoms with Gasteiger partial charge in [0.1, 0.15) is 5.58 Å². The maximum absolute atomic E-state index is 5.69. The molecule has 0 bridgehead atoms. The quantitative estimate of drug-likeness (QED) is 0.896. The summed E-state index contributed by atoms with van der Waals surface area (Å²) in [7, 11) is 0. The van der Waals surface area contributed by atoms with E-state index in [1.807, 2.05) is 18.4 Å². The maximum Gasteiger partial charge on any atom is 0.134 e. The molecule has 2 aromatic rings. The van der Waals surface area contributed by atoms with E-state index in [0.29, 0.717) is 6.54 Å². The van der Waals surface area contributed by atoms with Crippen LogP contribution in [-0.2, 0) is 17.8 Å². The Morgan fingerprint density at radius 2 is 2.06 bits per heavy atom. The van der Waals surface area contributed by atoms with Crippen molar-refractivity contribution in [3.63, 3.8) is 0 Å². The lowest BCUT2D eigenvalue weighted by molar-refractivity contribution is 0.0342. The molecule has 4 heteroatoms. The number of ether oxygens (including phenoxy) is 1. The van der Waals surface area contributed by atoms with Crippen LogP contribution < -0.4 is 5.73 Å². The van der Waals surface area contributed by atoms with E-state index in [9.17, 15) is 0 Å². The maximum atomic E-state index is 5.69. The zero-order valence-corrected chi connectivity index (χ0v) is 10.4. The van der Waals surface area contributed by atoms with Crippen molar-refractivity contribution in [1.29, 1.82) is 0 Å². The highest BCUT2D eigenvalue weighted by atomic mass is 16.5. The first kappa shape index (κ1) is 11.7. The first-order chi connectivity index (χ1) is 8.86. The van der Waals surface area contributed by atoms with E-state index in [4.69, 9.17) is 14.9 Å². The van der Waals surface area contributed by atoms with Crippen LogP contribution in [0.5, 0.6) is 0 Å². The van der Waals surface area contributed by atoms with Crippen LogP contribution in [0.15, 0.2) is 28.9 Å². The van der Waals surface area contributed by atoms with Crippen LogP contribution in [0.1, 0.15) is 11.1 Å². The Morgan fingerprint density at radius 1 is 1.22 bits per heavy atom. The van der Waals surface area contributed by atoms with Crippen LogP contribution in [-0.4, -0.2) is 31.2 Å². The zero-order valence-electron chi connectivity index (χ0n) is 10.4. The SMILES string of the molecule is NCc1ccc2occ(CN3CCOCC3)c2c1. The van der Waals surface area contributed by atoms with Crippen LogP contribution in [0, 0.1) is 0 Å². The van der Waals surface area contributed by atoms with Crippen LogP contribution >= 0.6 is 0 Å². The minimum atomic E-state index is 0.568. The second-order valence-corrected chi connectivity index (χ2v) is 4.68. The molecule has 0 aliphatic carbocycles. The fourth-order valence-electron chi connectivity index (χ4n) is 2.38. The molecule has 96 valence electrons. The number of fused-ring (bicyclic) bond motifs is 1. The van der Waals surface area contributed by atoms with Gasteiger partial charge in [-0.1, -0.05) is 6.07 Å². The van der Waals surface area contributed by atoms with Crippen molar-refractivity contribution < 1.29 is 9.15 Å². The van der Waals surface area contributed by atoms with Gasteiger partial charge in [0.15, 0.2) is 0 Å². The monoisotopic (exact) mass is 246 g/mol. The van der Waals surface area contributed by atoms with Crippen molar-refractivity contribution in [2.45, 2.75) is 13.1 Å². The van der Waals surface area contributed by atoms with Gasteiger partial charge in [-0.25, -0.2) is 0 Å². The molecule has 1 aliphatic heterocycles. The summed E-state index contributed by atoms with van der Waals surface area (Å²) in [4.78, 5) is 2.39. The topological polar surface area (TPSA) is 51.6 Å². The fourth-order valence-corrected chi connectivity index (χ4v) is 2.38. The van der Waals surface area contributed by atoms with E-state index >= 15 is 0 Å². The van der Waals surface area contributed by atoms with Gasteiger partial charge in [0, 0.05) is 37.1 Å². The van der Waals surface area contributed by atoms with Gasteiger partial charge in [0.05, 0.1) is 19.5 Å². The Balaban J connectivity index is 1.86. The molecule has 1 aliphatic rings. The molecule has 2 N–H and O–H groups in total. The van der Waals surface area contributed by atoms with Crippen molar-refractivity contribution in [3.05, 3.63) is 35.6 Å². The van der Waals surface area contributed by atoms with Crippen molar-refractivity contribution in [1.82, 2.24) is 4.90 Å². The molecule has 1 saturated heterocycles. The van der Waals surface area contributed by atoms with E-state index < -0.39 is 0 Å². The van der Waals surface area contributed by atoms with E-state index in [1.165, 1.54) is 10.9 Å². The van der Waals surface area contributed by atoms with Crippen molar-refractivity contribution >= 4 is 11.0 Å². The van der Waals surface area contributed by atoms with E-state index in [1.54, 1.807) is 0 Å². The minimum absolute atomic E-state index is 0.568. The Hall–Kier alpha value is -1.36. The van der Waals surface area contributed by atoms with Gasteiger partial charge in [-0.15, -0.1) is 0 Å². The smallest absolute Gasteiger partial charge is 0.134 e. The average Bonchev–Trinajstić information content (AvgIpc) is 2.82. The predicted molar refractivity (Wildman–Crippen MR) is 70.2 cm³/mol. The van der Waals surface area contributed by atoms with Gasteiger partial charge in [-0.2, -0.15) is 0 Å². The first-order valence-corrected chi connectivity index (χ1v) is 6.36. The van der Waals surface area contributed by atoms with E-state index in [2.05, 4.69) is 11.0 Å². The molecular formula is C14H18N2O2. The molecular weight excluding hydrogens is 228 g/mol. The van der Waals surface area contributed by atoms with Crippen molar-refractivity contribution in [2.24, 2.45) is 5.73 Å². The van der Waals surface area contributed by atoms with Crippen LogP contribution in [0.4, 0.5) is 0 Å². The molecule has 0 saturated carbocycles. The summed E-state index contributed by atoms with van der Waals surface area (Å²) in [5.74, 6) is 0. The second kappa shape index (κ2) is 5.10. The molecule has 0 unspecified atom stereocenters. The number of morpholine rings is 1. The lowest BCUT2D eigenvalue weighted by Crippen LogP contribution is -2.35. The van der Waals surface area contributed by atoms with Gasteiger partial charge < -0.3 is 14.9 Å². The Kier molecular flexibility index (Phi) is 3.32. The van der Waals surface area contributed by atoms with Crippen LogP contribution in [0.3, 0.4) is 0 Å². The van der Waals surface area contributed by atoms with Crippen molar-refractivity contribution in [2.75, 3.05) is 26.3 Å². The summed E-state index contributed by atoms with van der Waals surface area (Å²) in [6.45, 7) is 5.11. The molecule has 1 aromatic carbocycles. The second-order valence-electron chi connectivity index (χ2n) is 4.68. The third-order valence-corrected chi connectivity index (χ3v) is 3.45. The molecule has 0 spiro atoms. The van der Waals surface area contributed by atoms with Crippen LogP contribution in [0.25, 0.3) is 11.0 Å². The normalized spacial score (nSPS) is 17.4. The van der Waals surface area contributed by atoms with E-state index in [-0.39, 0.29) is 0 Å². The highest BCUT2D eigenvalue weighted by molar-refractivity contribution is 5.81. The van der Waals surface area contributed by atoms with Gasteiger partial charge in [0.25, 0.3) is 0 Å². The summed E-state index contributed by atoms with van der Waals surface area (Å²) in [5.41, 5.74) is 9.01. The number of rotatable bonds is 3. The highest BCUT2D eigenvalue weighted by Gasteiger charge is 2.14. The molecule has 18 heavy (non-hydrogen) atoms. The Morgan fingerprint density at radius 3 is 2.83 bits per heavy atom. The molecule has 4 nitrogen and oxygen atoms in total. The molecule has 2 heterocycles. The molecule has 0 amide bonds. The minimum Gasteiger partial charge on any atom is -0.464 e. The Bertz CT molecular complexity index is 530.